The van der Waals surface area contributed by atoms with Gasteiger partial charge in [-0.2, -0.15) is 0 Å². The molecule has 0 bridgehead atoms. The second-order valence-corrected chi connectivity index (χ2v) is 5.69. The zero-order chi connectivity index (χ0) is 13.9. The van der Waals surface area contributed by atoms with Crippen molar-refractivity contribution in [2.75, 3.05) is 20.2 Å². The van der Waals surface area contributed by atoms with E-state index in [-0.39, 0.29) is 18.1 Å². The van der Waals surface area contributed by atoms with Crippen molar-refractivity contribution in [2.24, 2.45) is 5.73 Å². The number of hydrogen-bond donors (Lipinski definition) is 2. The summed E-state index contributed by atoms with van der Waals surface area (Å²) >= 11 is 0. The van der Waals surface area contributed by atoms with Gasteiger partial charge in [0.2, 0.25) is 5.91 Å². The molecule has 0 saturated carbocycles. The van der Waals surface area contributed by atoms with Crippen LogP contribution in [0.15, 0.2) is 0 Å². The van der Waals surface area contributed by atoms with Crippen molar-refractivity contribution in [3.05, 3.63) is 0 Å². The van der Waals surface area contributed by atoms with Gasteiger partial charge in [0, 0.05) is 18.6 Å². The van der Waals surface area contributed by atoms with Gasteiger partial charge in [-0.05, 0) is 41.2 Å². The Balaban J connectivity index is 2.68. The summed E-state index contributed by atoms with van der Waals surface area (Å²) in [6.07, 6.45) is 0.952. The summed E-state index contributed by atoms with van der Waals surface area (Å²) < 4.78 is 5.63. The number of ether oxygens (including phenoxy) is 1. The third-order valence-corrected chi connectivity index (χ3v) is 4.02. The van der Waals surface area contributed by atoms with Crippen molar-refractivity contribution in [3.8, 4) is 0 Å². The SMILES string of the molecule is CNC(C)(CC(C)N1CC(C)OCC1C)C(N)=O. The minimum absolute atomic E-state index is 0.248. The second kappa shape index (κ2) is 5.99. The number of morpholine rings is 1. The van der Waals surface area contributed by atoms with Crippen LogP contribution >= 0.6 is 0 Å². The zero-order valence-electron chi connectivity index (χ0n) is 12.2. The smallest absolute Gasteiger partial charge is 0.237 e. The first kappa shape index (κ1) is 15.4. The zero-order valence-corrected chi connectivity index (χ0v) is 12.2. The van der Waals surface area contributed by atoms with Gasteiger partial charge in [-0.25, -0.2) is 0 Å². The Morgan fingerprint density at radius 3 is 2.72 bits per heavy atom. The number of carbonyl (C=O) groups is 1. The molecule has 1 heterocycles. The lowest BCUT2D eigenvalue weighted by molar-refractivity contribution is -0.125. The predicted molar refractivity (Wildman–Crippen MR) is 72.3 cm³/mol. The first-order chi connectivity index (χ1) is 8.30. The van der Waals surface area contributed by atoms with E-state index in [1.165, 1.54) is 0 Å². The van der Waals surface area contributed by atoms with Gasteiger partial charge in [-0.1, -0.05) is 0 Å². The van der Waals surface area contributed by atoms with Crippen LogP contribution in [0, 0.1) is 0 Å². The average molecular weight is 257 g/mol. The van der Waals surface area contributed by atoms with E-state index in [2.05, 4.69) is 31.0 Å². The molecule has 0 aliphatic carbocycles. The maximum atomic E-state index is 11.5. The molecular weight excluding hydrogens is 230 g/mol. The monoisotopic (exact) mass is 257 g/mol. The third-order valence-electron chi connectivity index (χ3n) is 4.02. The van der Waals surface area contributed by atoms with Crippen molar-refractivity contribution in [1.29, 1.82) is 0 Å². The normalized spacial score (nSPS) is 30.7. The summed E-state index contributed by atoms with van der Waals surface area (Å²) in [6, 6.07) is 0.668. The van der Waals surface area contributed by atoms with Crippen molar-refractivity contribution < 1.29 is 9.53 Å². The number of rotatable bonds is 5. The van der Waals surface area contributed by atoms with Crippen LogP contribution in [0.3, 0.4) is 0 Å². The minimum Gasteiger partial charge on any atom is -0.376 e. The molecule has 0 spiro atoms. The van der Waals surface area contributed by atoms with E-state index in [0.717, 1.165) is 13.2 Å². The molecule has 1 fully saturated rings. The Morgan fingerprint density at radius 2 is 2.22 bits per heavy atom. The summed E-state index contributed by atoms with van der Waals surface area (Å²) in [5, 5.41) is 3.04. The Morgan fingerprint density at radius 1 is 1.61 bits per heavy atom. The number of carbonyl (C=O) groups excluding carboxylic acids is 1. The van der Waals surface area contributed by atoms with Crippen LogP contribution < -0.4 is 11.1 Å². The molecule has 5 nitrogen and oxygen atoms in total. The fourth-order valence-corrected chi connectivity index (χ4v) is 2.58. The second-order valence-electron chi connectivity index (χ2n) is 5.69. The Labute approximate surface area is 110 Å². The molecule has 18 heavy (non-hydrogen) atoms. The molecule has 4 atom stereocenters. The van der Waals surface area contributed by atoms with Crippen LogP contribution in [-0.4, -0.2) is 54.7 Å². The van der Waals surface area contributed by atoms with Crippen molar-refractivity contribution in [2.45, 2.75) is 57.8 Å². The summed E-state index contributed by atoms with van der Waals surface area (Å²) in [7, 11) is 1.78. The number of hydrogen-bond acceptors (Lipinski definition) is 4. The highest BCUT2D eigenvalue weighted by molar-refractivity contribution is 5.84. The van der Waals surface area contributed by atoms with E-state index in [1.54, 1.807) is 7.05 Å². The summed E-state index contributed by atoms with van der Waals surface area (Å²) in [6.45, 7) is 9.90. The number of amides is 1. The maximum absolute atomic E-state index is 11.5. The van der Waals surface area contributed by atoms with Gasteiger partial charge in [0.05, 0.1) is 18.2 Å². The molecule has 1 rings (SSSR count). The van der Waals surface area contributed by atoms with E-state index in [4.69, 9.17) is 10.5 Å². The average Bonchev–Trinajstić information content (AvgIpc) is 2.31. The van der Waals surface area contributed by atoms with Crippen LogP contribution in [-0.2, 0) is 9.53 Å². The molecule has 1 amide bonds. The number of primary amides is 1. The summed E-state index contributed by atoms with van der Waals surface area (Å²) in [5.41, 5.74) is 4.82. The molecule has 0 aromatic rings. The largest absolute Gasteiger partial charge is 0.376 e. The van der Waals surface area contributed by atoms with Crippen LogP contribution in [0.1, 0.15) is 34.1 Å². The fourth-order valence-electron chi connectivity index (χ4n) is 2.58. The Bertz CT molecular complexity index is 298. The van der Waals surface area contributed by atoms with Gasteiger partial charge in [-0.15, -0.1) is 0 Å². The van der Waals surface area contributed by atoms with Gasteiger partial charge in [0.15, 0.2) is 0 Å². The lowest BCUT2D eigenvalue weighted by atomic mass is 9.91. The van der Waals surface area contributed by atoms with Gasteiger partial charge < -0.3 is 15.8 Å². The lowest BCUT2D eigenvalue weighted by Gasteiger charge is -2.43. The van der Waals surface area contributed by atoms with Crippen LogP contribution in [0.5, 0.6) is 0 Å². The molecule has 4 unspecified atom stereocenters. The van der Waals surface area contributed by atoms with E-state index in [1.807, 2.05) is 6.92 Å². The van der Waals surface area contributed by atoms with E-state index < -0.39 is 5.54 Å². The minimum atomic E-state index is -0.652. The number of nitrogens with zero attached hydrogens (tertiary/aromatic N) is 1. The predicted octanol–water partition coefficient (Wildman–Crippen LogP) is 0.338. The standard InChI is InChI=1S/C13H27N3O2/c1-9(6-13(4,15-5)12(14)17)16-7-11(3)18-8-10(16)2/h9-11,15H,6-8H2,1-5H3,(H2,14,17). The highest BCUT2D eigenvalue weighted by Gasteiger charge is 2.35. The van der Waals surface area contributed by atoms with Crippen LogP contribution in [0.25, 0.3) is 0 Å². The molecular formula is C13H27N3O2. The van der Waals surface area contributed by atoms with Gasteiger partial charge in [0.1, 0.15) is 0 Å². The number of nitrogens with two attached hydrogens (primary N) is 1. The van der Waals surface area contributed by atoms with Gasteiger partial charge in [-0.3, -0.25) is 9.69 Å². The molecule has 3 N–H and O–H groups in total. The van der Waals surface area contributed by atoms with Crippen LogP contribution in [0.4, 0.5) is 0 Å². The van der Waals surface area contributed by atoms with Crippen molar-refractivity contribution in [3.63, 3.8) is 0 Å². The summed E-state index contributed by atoms with van der Waals surface area (Å²) in [5.74, 6) is -0.300. The molecule has 1 aliphatic rings. The first-order valence-electron chi connectivity index (χ1n) is 6.66. The topological polar surface area (TPSA) is 67.6 Å². The van der Waals surface area contributed by atoms with Gasteiger partial charge >= 0.3 is 0 Å². The van der Waals surface area contributed by atoms with E-state index in [9.17, 15) is 4.79 Å². The number of nitrogens with one attached hydrogen (secondary N) is 1. The van der Waals surface area contributed by atoms with E-state index in [0.29, 0.717) is 12.5 Å². The molecule has 0 radical (unpaired) electrons. The molecule has 5 heteroatoms. The fraction of sp³-hybridized carbons (Fsp3) is 0.923. The van der Waals surface area contributed by atoms with Gasteiger partial charge in [0.25, 0.3) is 0 Å². The lowest BCUT2D eigenvalue weighted by Crippen LogP contribution is -2.58. The third kappa shape index (κ3) is 3.43. The Hall–Kier alpha value is -0.650. The highest BCUT2D eigenvalue weighted by atomic mass is 16.5. The Kier molecular flexibility index (Phi) is 5.13. The molecule has 1 saturated heterocycles. The molecule has 0 aromatic heterocycles. The summed E-state index contributed by atoms with van der Waals surface area (Å²) in [4.78, 5) is 13.9. The first-order valence-corrected chi connectivity index (χ1v) is 6.66. The van der Waals surface area contributed by atoms with E-state index >= 15 is 0 Å². The van der Waals surface area contributed by atoms with Crippen LogP contribution in [0.2, 0.25) is 0 Å². The quantitative estimate of drug-likeness (QED) is 0.745. The van der Waals surface area contributed by atoms with Crippen molar-refractivity contribution in [1.82, 2.24) is 10.2 Å². The van der Waals surface area contributed by atoms with Crippen molar-refractivity contribution >= 4 is 5.91 Å². The number of likely N-dealkylation sites (N-methyl/N-ethyl adjacent to an activating group) is 1. The molecule has 0 aromatic carbocycles. The highest BCUT2D eigenvalue weighted by Crippen LogP contribution is 2.21. The molecule has 106 valence electrons. The molecule has 1 aliphatic heterocycles. The maximum Gasteiger partial charge on any atom is 0.237 e.